The van der Waals surface area contributed by atoms with Crippen LogP contribution in [0.15, 0.2) is 53.2 Å². The Bertz CT molecular complexity index is 1460. The van der Waals surface area contributed by atoms with Crippen LogP contribution >= 0.6 is 0 Å². The van der Waals surface area contributed by atoms with Crippen LogP contribution in [0.25, 0.3) is 22.4 Å². The third-order valence-electron chi connectivity index (χ3n) is 6.06. The Balaban J connectivity index is 1.52. The van der Waals surface area contributed by atoms with Crippen LogP contribution in [-0.4, -0.2) is 58.6 Å². The Hall–Kier alpha value is -4.67. The third kappa shape index (κ3) is 3.76. The van der Waals surface area contributed by atoms with Crippen LogP contribution in [0.4, 0.5) is 4.79 Å². The Morgan fingerprint density at radius 3 is 2.69 bits per heavy atom. The van der Waals surface area contributed by atoms with Gasteiger partial charge in [-0.3, -0.25) is 20.0 Å². The predicted octanol–water partition coefficient (Wildman–Crippen LogP) is 2.34. The van der Waals surface area contributed by atoms with E-state index in [0.717, 1.165) is 11.1 Å². The van der Waals surface area contributed by atoms with Crippen molar-refractivity contribution in [3.8, 4) is 17.1 Å². The van der Waals surface area contributed by atoms with E-state index < -0.39 is 17.5 Å². The molecule has 11 heteroatoms. The molecule has 0 saturated carbocycles. The van der Waals surface area contributed by atoms with Crippen LogP contribution in [-0.2, 0) is 10.3 Å². The minimum absolute atomic E-state index is 0.158. The molecule has 2 aromatic heterocycles. The number of fused-ring (bicyclic) bond motifs is 1. The molecule has 1 aliphatic heterocycles. The lowest BCUT2D eigenvalue weighted by Crippen LogP contribution is -2.52. The van der Waals surface area contributed by atoms with Gasteiger partial charge in [-0.2, -0.15) is 5.10 Å². The zero-order chi connectivity index (χ0) is 24.7. The smallest absolute Gasteiger partial charge is 0.322 e. The SMILES string of the molecule is COc1ccc(C)c(C(=O)N(C)CC2(c3cc4cc(-c5ncn[nH]5)ccc4o3)NC(=O)NC2=O)c1. The van der Waals surface area contributed by atoms with Gasteiger partial charge >= 0.3 is 6.03 Å². The topological polar surface area (TPSA) is 142 Å². The summed E-state index contributed by atoms with van der Waals surface area (Å²) in [6.45, 7) is 1.65. The van der Waals surface area contributed by atoms with Crippen molar-refractivity contribution in [2.45, 2.75) is 12.5 Å². The van der Waals surface area contributed by atoms with E-state index in [9.17, 15) is 14.4 Å². The molecule has 4 aromatic rings. The molecule has 0 radical (unpaired) electrons. The number of carbonyl (C=O) groups excluding carboxylic acids is 3. The Morgan fingerprint density at radius 1 is 1.17 bits per heavy atom. The number of furan rings is 1. The fraction of sp³-hybridized carbons (Fsp3) is 0.208. The van der Waals surface area contributed by atoms with Crippen LogP contribution < -0.4 is 15.4 Å². The van der Waals surface area contributed by atoms with Gasteiger partial charge in [-0.15, -0.1) is 0 Å². The molecule has 1 unspecified atom stereocenters. The summed E-state index contributed by atoms with van der Waals surface area (Å²) in [5, 5.41) is 12.3. The number of H-pyrrole nitrogens is 1. The maximum atomic E-state index is 13.3. The molecular weight excluding hydrogens is 452 g/mol. The van der Waals surface area contributed by atoms with Crippen molar-refractivity contribution in [2.75, 3.05) is 20.7 Å². The van der Waals surface area contributed by atoms with Crippen molar-refractivity contribution in [2.24, 2.45) is 0 Å². The van der Waals surface area contributed by atoms with Crippen molar-refractivity contribution in [3.05, 3.63) is 65.7 Å². The zero-order valence-corrected chi connectivity index (χ0v) is 19.2. The van der Waals surface area contributed by atoms with Gasteiger partial charge in [0.2, 0.25) is 0 Å². The molecule has 0 spiro atoms. The molecule has 3 N–H and O–H groups in total. The van der Waals surface area contributed by atoms with Gasteiger partial charge in [-0.1, -0.05) is 6.07 Å². The Labute approximate surface area is 199 Å². The van der Waals surface area contributed by atoms with E-state index in [1.54, 1.807) is 43.4 Å². The standard InChI is InChI=1S/C24H22N6O5/c1-13-4-6-16(34-3)10-17(13)21(31)30(2)11-24(22(32)27-23(33)28-24)19-9-15-8-14(5-7-18(15)35-19)20-25-12-26-29-20/h4-10,12H,11H2,1-3H3,(H,25,26,29)(H2,27,28,32,33). The Morgan fingerprint density at radius 2 is 2.00 bits per heavy atom. The number of aromatic nitrogens is 3. The molecule has 1 atom stereocenters. The number of likely N-dealkylation sites (N-methyl/N-ethyl adjacent to an activating group) is 1. The van der Waals surface area contributed by atoms with Gasteiger partial charge in [0.05, 0.1) is 13.7 Å². The summed E-state index contributed by atoms with van der Waals surface area (Å²) in [4.78, 5) is 44.1. The Kier molecular flexibility index (Phi) is 5.24. The highest BCUT2D eigenvalue weighted by atomic mass is 16.5. The van der Waals surface area contributed by atoms with Crippen molar-refractivity contribution in [1.82, 2.24) is 30.7 Å². The van der Waals surface area contributed by atoms with Crippen LogP contribution in [0.5, 0.6) is 5.75 Å². The molecular formula is C24H22N6O5. The van der Waals surface area contributed by atoms with E-state index in [1.807, 2.05) is 13.0 Å². The molecule has 0 aliphatic carbocycles. The first-order valence-electron chi connectivity index (χ1n) is 10.7. The first-order chi connectivity index (χ1) is 16.8. The normalized spacial score (nSPS) is 17.3. The van der Waals surface area contributed by atoms with E-state index in [0.29, 0.717) is 28.1 Å². The van der Waals surface area contributed by atoms with Crippen LogP contribution in [0, 0.1) is 6.92 Å². The number of nitrogens with zero attached hydrogens (tertiary/aromatic N) is 3. The third-order valence-corrected chi connectivity index (χ3v) is 6.06. The van der Waals surface area contributed by atoms with Gasteiger partial charge < -0.3 is 19.4 Å². The van der Waals surface area contributed by atoms with Crippen molar-refractivity contribution in [3.63, 3.8) is 0 Å². The predicted molar refractivity (Wildman–Crippen MR) is 125 cm³/mol. The molecule has 5 rings (SSSR count). The summed E-state index contributed by atoms with van der Waals surface area (Å²) in [7, 11) is 3.08. The minimum atomic E-state index is -1.61. The average molecular weight is 474 g/mol. The molecule has 4 amide bonds. The van der Waals surface area contributed by atoms with Gasteiger partial charge in [0.1, 0.15) is 23.4 Å². The lowest BCUT2D eigenvalue weighted by atomic mass is 9.94. The molecule has 1 aliphatic rings. The molecule has 0 bridgehead atoms. The summed E-state index contributed by atoms with van der Waals surface area (Å²) < 4.78 is 11.3. The number of aryl methyl sites for hydroxylation is 1. The monoisotopic (exact) mass is 474 g/mol. The maximum absolute atomic E-state index is 13.3. The molecule has 178 valence electrons. The highest BCUT2D eigenvalue weighted by Gasteiger charge is 2.51. The summed E-state index contributed by atoms with van der Waals surface area (Å²) in [6.07, 6.45) is 1.41. The van der Waals surface area contributed by atoms with Crippen molar-refractivity contribution >= 4 is 28.8 Å². The van der Waals surface area contributed by atoms with Crippen LogP contribution in [0.3, 0.4) is 0 Å². The lowest BCUT2D eigenvalue weighted by Gasteiger charge is -2.29. The molecule has 3 heterocycles. The number of rotatable bonds is 6. The zero-order valence-electron chi connectivity index (χ0n) is 19.2. The maximum Gasteiger partial charge on any atom is 0.322 e. The van der Waals surface area contributed by atoms with E-state index in [4.69, 9.17) is 9.15 Å². The number of nitrogens with one attached hydrogen (secondary N) is 3. The fourth-order valence-electron chi connectivity index (χ4n) is 4.19. The van der Waals surface area contributed by atoms with Crippen molar-refractivity contribution < 1.29 is 23.5 Å². The number of benzene rings is 2. The second kappa shape index (κ2) is 8.28. The number of imide groups is 1. The summed E-state index contributed by atoms with van der Waals surface area (Å²) >= 11 is 0. The number of amides is 4. The van der Waals surface area contributed by atoms with Gasteiger partial charge in [0, 0.05) is 23.6 Å². The van der Waals surface area contributed by atoms with E-state index in [2.05, 4.69) is 25.8 Å². The van der Waals surface area contributed by atoms with Crippen LogP contribution in [0.2, 0.25) is 0 Å². The van der Waals surface area contributed by atoms with Crippen LogP contribution in [0.1, 0.15) is 21.7 Å². The van der Waals surface area contributed by atoms with E-state index in [1.165, 1.54) is 18.3 Å². The second-order valence-corrected chi connectivity index (χ2v) is 8.35. The molecule has 1 fully saturated rings. The number of hydrogen-bond acceptors (Lipinski definition) is 7. The van der Waals surface area contributed by atoms with Gasteiger partial charge in [-0.25, -0.2) is 9.78 Å². The first-order valence-corrected chi connectivity index (χ1v) is 10.7. The number of hydrogen-bond donors (Lipinski definition) is 3. The summed E-state index contributed by atoms with van der Waals surface area (Å²) in [5.74, 6) is 0.370. The van der Waals surface area contributed by atoms with Gasteiger partial charge in [0.15, 0.2) is 11.4 Å². The minimum Gasteiger partial charge on any atom is -0.497 e. The van der Waals surface area contributed by atoms with E-state index in [-0.39, 0.29) is 18.2 Å². The highest BCUT2D eigenvalue weighted by Crippen LogP contribution is 2.33. The lowest BCUT2D eigenvalue weighted by molar-refractivity contribution is -0.125. The summed E-state index contributed by atoms with van der Waals surface area (Å²) in [6, 6.07) is 11.6. The largest absolute Gasteiger partial charge is 0.497 e. The highest BCUT2D eigenvalue weighted by molar-refractivity contribution is 6.08. The fourth-order valence-corrected chi connectivity index (χ4v) is 4.19. The number of aromatic amines is 1. The number of methoxy groups -OCH3 is 1. The second-order valence-electron chi connectivity index (χ2n) is 8.35. The van der Waals surface area contributed by atoms with Crippen molar-refractivity contribution in [1.29, 1.82) is 0 Å². The number of urea groups is 1. The molecule has 2 aromatic carbocycles. The average Bonchev–Trinajstić information content (AvgIpc) is 3.58. The quantitative estimate of drug-likeness (QED) is 0.364. The molecule has 11 nitrogen and oxygen atoms in total. The molecule has 35 heavy (non-hydrogen) atoms. The molecule has 1 saturated heterocycles. The summed E-state index contributed by atoms with van der Waals surface area (Å²) in [5.41, 5.74) is 0.847. The number of carbonyl (C=O) groups is 3. The van der Waals surface area contributed by atoms with Gasteiger partial charge in [0.25, 0.3) is 11.8 Å². The van der Waals surface area contributed by atoms with E-state index >= 15 is 0 Å². The van der Waals surface area contributed by atoms with Gasteiger partial charge in [-0.05, 0) is 48.9 Å². The number of ether oxygens (including phenoxy) is 1. The first kappa shape index (κ1) is 22.1.